The van der Waals surface area contributed by atoms with E-state index >= 15 is 0 Å². The Morgan fingerprint density at radius 1 is 1.24 bits per heavy atom. The number of ether oxygens (including phenoxy) is 1. The maximum absolute atomic E-state index is 12.0. The van der Waals surface area contributed by atoms with Crippen molar-refractivity contribution in [2.24, 2.45) is 11.8 Å². The summed E-state index contributed by atoms with van der Waals surface area (Å²) in [7, 11) is 0. The minimum atomic E-state index is -0.520. The second-order valence-corrected chi connectivity index (χ2v) is 6.02. The van der Waals surface area contributed by atoms with Crippen LogP contribution >= 0.6 is 0 Å². The predicted molar refractivity (Wildman–Crippen MR) is 65.7 cm³/mol. The number of Topliss-reactive ketones (excluding diaryl/α,β-unsaturated/α-hetero) is 1. The number of likely N-dealkylation sites (tertiary alicyclic amines) is 1. The van der Waals surface area contributed by atoms with Crippen LogP contribution in [-0.2, 0) is 9.53 Å². The van der Waals surface area contributed by atoms with Crippen molar-refractivity contribution in [2.45, 2.75) is 53.2 Å². The highest BCUT2D eigenvalue weighted by Gasteiger charge is 2.43. The fourth-order valence-corrected chi connectivity index (χ4v) is 2.28. The lowest BCUT2D eigenvalue weighted by molar-refractivity contribution is -0.122. The largest absolute Gasteiger partial charge is 0.444 e. The van der Waals surface area contributed by atoms with Crippen LogP contribution in [0.1, 0.15) is 41.5 Å². The van der Waals surface area contributed by atoms with Gasteiger partial charge in [0.05, 0.1) is 6.04 Å². The number of amides is 1. The third-order valence-corrected chi connectivity index (χ3v) is 3.26. The summed E-state index contributed by atoms with van der Waals surface area (Å²) in [5.41, 5.74) is -0.520. The maximum Gasteiger partial charge on any atom is 0.410 e. The Bertz CT molecular complexity index is 319. The van der Waals surface area contributed by atoms with Crippen molar-refractivity contribution in [3.63, 3.8) is 0 Å². The topological polar surface area (TPSA) is 46.6 Å². The zero-order valence-corrected chi connectivity index (χ0v) is 11.6. The van der Waals surface area contributed by atoms with Crippen LogP contribution in [0.4, 0.5) is 4.79 Å². The molecule has 1 amide bonds. The van der Waals surface area contributed by atoms with E-state index in [1.54, 1.807) is 4.90 Å². The molecule has 0 bridgehead atoms. The lowest BCUT2D eigenvalue weighted by atomic mass is 9.92. The minimum absolute atomic E-state index is 0.0349. The summed E-state index contributed by atoms with van der Waals surface area (Å²) in [5, 5.41) is 0. The molecule has 0 saturated carbocycles. The van der Waals surface area contributed by atoms with Gasteiger partial charge in [-0.25, -0.2) is 4.79 Å². The normalized spacial score (nSPS) is 29.3. The summed E-state index contributed by atoms with van der Waals surface area (Å²) < 4.78 is 5.33. The van der Waals surface area contributed by atoms with Gasteiger partial charge in [0.2, 0.25) is 0 Å². The van der Waals surface area contributed by atoms with E-state index in [9.17, 15) is 9.59 Å². The van der Waals surface area contributed by atoms with Crippen molar-refractivity contribution >= 4 is 11.9 Å². The SMILES string of the molecule is CC(=O)[C@@H]1[C@H](C)[C@H](C)CN1C(=O)OC(C)(C)C. The zero-order chi connectivity index (χ0) is 13.4. The predicted octanol–water partition coefficient (Wildman–Crippen LogP) is 2.47. The molecule has 4 nitrogen and oxygen atoms in total. The highest BCUT2D eigenvalue weighted by Crippen LogP contribution is 2.31. The Morgan fingerprint density at radius 3 is 2.18 bits per heavy atom. The molecule has 98 valence electrons. The van der Waals surface area contributed by atoms with Crippen LogP contribution in [0.3, 0.4) is 0 Å². The minimum Gasteiger partial charge on any atom is -0.444 e. The molecule has 0 radical (unpaired) electrons. The molecule has 1 heterocycles. The average Bonchev–Trinajstić information content (AvgIpc) is 2.40. The first-order chi connectivity index (χ1) is 7.63. The van der Waals surface area contributed by atoms with Crippen molar-refractivity contribution in [3.8, 4) is 0 Å². The standard InChI is InChI=1S/C13H23NO3/c1-8-7-14(11(9(8)2)10(3)15)12(16)17-13(4,5)6/h8-9,11H,7H2,1-6H3/t8-,9-,11+/m1/s1. The summed E-state index contributed by atoms with van der Waals surface area (Å²) in [4.78, 5) is 25.2. The van der Waals surface area contributed by atoms with Crippen LogP contribution in [-0.4, -0.2) is 35.0 Å². The number of hydrogen-bond donors (Lipinski definition) is 0. The molecule has 0 aromatic rings. The van der Waals surface area contributed by atoms with Gasteiger partial charge < -0.3 is 4.74 Å². The first-order valence-corrected chi connectivity index (χ1v) is 6.13. The van der Waals surface area contributed by atoms with E-state index in [1.807, 2.05) is 27.7 Å². The van der Waals surface area contributed by atoms with Gasteiger partial charge in [-0.05, 0) is 39.5 Å². The van der Waals surface area contributed by atoms with Crippen molar-refractivity contribution in [1.82, 2.24) is 4.90 Å². The molecule has 1 rings (SSSR count). The Labute approximate surface area is 103 Å². The summed E-state index contributed by atoms with van der Waals surface area (Å²) in [5.74, 6) is 0.559. The fourth-order valence-electron chi connectivity index (χ4n) is 2.28. The Balaban J connectivity index is 2.82. The van der Waals surface area contributed by atoms with Crippen molar-refractivity contribution in [3.05, 3.63) is 0 Å². The van der Waals surface area contributed by atoms with Gasteiger partial charge in [-0.15, -0.1) is 0 Å². The van der Waals surface area contributed by atoms with E-state index in [4.69, 9.17) is 4.74 Å². The van der Waals surface area contributed by atoms with Crippen LogP contribution in [0.15, 0.2) is 0 Å². The molecule has 1 aliphatic rings. The molecule has 17 heavy (non-hydrogen) atoms. The molecule has 4 heteroatoms. The van der Waals surface area contributed by atoms with E-state index in [0.717, 1.165) is 0 Å². The second-order valence-electron chi connectivity index (χ2n) is 6.02. The quantitative estimate of drug-likeness (QED) is 0.708. The summed E-state index contributed by atoms with van der Waals surface area (Å²) in [6, 6.07) is -0.333. The number of carbonyl (C=O) groups is 2. The number of carbonyl (C=O) groups excluding carboxylic acids is 2. The number of ketones is 1. The maximum atomic E-state index is 12.0. The molecular weight excluding hydrogens is 218 g/mol. The van der Waals surface area contributed by atoms with E-state index in [1.165, 1.54) is 6.92 Å². The molecule has 0 aliphatic carbocycles. The van der Waals surface area contributed by atoms with E-state index in [2.05, 4.69) is 6.92 Å². The van der Waals surface area contributed by atoms with Crippen LogP contribution in [0.5, 0.6) is 0 Å². The number of nitrogens with zero attached hydrogens (tertiary/aromatic N) is 1. The van der Waals surface area contributed by atoms with Gasteiger partial charge in [0.15, 0.2) is 5.78 Å². The van der Waals surface area contributed by atoms with Gasteiger partial charge >= 0.3 is 6.09 Å². The fraction of sp³-hybridized carbons (Fsp3) is 0.846. The molecule has 0 aromatic carbocycles. The Hall–Kier alpha value is -1.06. The van der Waals surface area contributed by atoms with Crippen LogP contribution in [0.25, 0.3) is 0 Å². The highest BCUT2D eigenvalue weighted by molar-refractivity contribution is 5.86. The molecule has 0 aromatic heterocycles. The Morgan fingerprint density at radius 2 is 1.76 bits per heavy atom. The molecule has 1 aliphatic heterocycles. The van der Waals surface area contributed by atoms with Crippen molar-refractivity contribution in [2.75, 3.05) is 6.54 Å². The molecule has 1 fully saturated rings. The first-order valence-electron chi connectivity index (χ1n) is 6.13. The zero-order valence-electron chi connectivity index (χ0n) is 11.6. The molecule has 0 spiro atoms. The Kier molecular flexibility index (Phi) is 3.84. The van der Waals surface area contributed by atoms with Crippen molar-refractivity contribution in [1.29, 1.82) is 0 Å². The van der Waals surface area contributed by atoms with Gasteiger partial charge in [-0.1, -0.05) is 13.8 Å². The van der Waals surface area contributed by atoms with Crippen LogP contribution < -0.4 is 0 Å². The number of hydrogen-bond acceptors (Lipinski definition) is 3. The number of rotatable bonds is 1. The molecular formula is C13H23NO3. The third kappa shape index (κ3) is 3.20. The van der Waals surface area contributed by atoms with Gasteiger partial charge in [0, 0.05) is 6.54 Å². The third-order valence-electron chi connectivity index (χ3n) is 3.26. The molecule has 0 N–H and O–H groups in total. The smallest absolute Gasteiger partial charge is 0.410 e. The summed E-state index contributed by atoms with van der Waals surface area (Å²) in [6.07, 6.45) is -0.381. The average molecular weight is 241 g/mol. The van der Waals surface area contributed by atoms with Gasteiger partial charge in [0.25, 0.3) is 0 Å². The summed E-state index contributed by atoms with van der Waals surface area (Å²) >= 11 is 0. The van der Waals surface area contributed by atoms with E-state index in [-0.39, 0.29) is 23.8 Å². The lowest BCUT2D eigenvalue weighted by Crippen LogP contribution is -2.44. The first kappa shape index (κ1) is 14.0. The van der Waals surface area contributed by atoms with Gasteiger partial charge in [-0.3, -0.25) is 9.69 Å². The van der Waals surface area contributed by atoms with Crippen LogP contribution in [0.2, 0.25) is 0 Å². The van der Waals surface area contributed by atoms with Gasteiger partial charge in [0.1, 0.15) is 5.60 Å². The monoisotopic (exact) mass is 241 g/mol. The lowest BCUT2D eigenvalue weighted by Gasteiger charge is -2.28. The molecule has 0 unspecified atom stereocenters. The second kappa shape index (κ2) is 4.67. The molecule has 3 atom stereocenters. The van der Waals surface area contributed by atoms with Gasteiger partial charge in [-0.2, -0.15) is 0 Å². The van der Waals surface area contributed by atoms with Crippen LogP contribution in [0, 0.1) is 11.8 Å². The summed E-state index contributed by atoms with van der Waals surface area (Å²) in [6.45, 7) is 11.7. The molecule has 1 saturated heterocycles. The van der Waals surface area contributed by atoms with E-state index in [0.29, 0.717) is 12.5 Å². The van der Waals surface area contributed by atoms with Crippen molar-refractivity contribution < 1.29 is 14.3 Å². The van der Waals surface area contributed by atoms with E-state index < -0.39 is 5.60 Å². The highest BCUT2D eigenvalue weighted by atomic mass is 16.6.